The molecule has 4 rings (SSSR count). The standard InChI is InChI=1S/C25H15Cl2FN2O3S/c26-20-9-16(10-21(27)23(20)33-14-15-4-3-7-19(28)8-15)11-22-24(31)30(25(32)34-22)13-18-6-2-1-5-17(18)12-29/h1-11H,13-14H2/b22-11+. The Balaban J connectivity index is 1.52. The van der Waals surface area contributed by atoms with Crippen molar-refractivity contribution in [1.29, 1.82) is 5.26 Å². The molecule has 0 N–H and O–H groups in total. The summed E-state index contributed by atoms with van der Waals surface area (Å²) in [5.74, 6) is -0.619. The Morgan fingerprint density at radius 3 is 2.50 bits per heavy atom. The van der Waals surface area contributed by atoms with Crippen LogP contribution < -0.4 is 4.74 Å². The minimum absolute atomic E-state index is 0.000110. The maximum Gasteiger partial charge on any atom is 0.293 e. The van der Waals surface area contributed by atoms with Crippen molar-refractivity contribution in [3.63, 3.8) is 0 Å². The minimum Gasteiger partial charge on any atom is -0.486 e. The third-order valence-corrected chi connectivity index (χ3v) is 6.40. The van der Waals surface area contributed by atoms with Gasteiger partial charge in [0.15, 0.2) is 5.75 Å². The Bertz CT molecular complexity index is 1350. The molecular formula is C25H15Cl2FN2O3S. The van der Waals surface area contributed by atoms with Crippen molar-refractivity contribution in [2.24, 2.45) is 0 Å². The summed E-state index contributed by atoms with van der Waals surface area (Å²) in [5.41, 5.74) is 2.11. The quantitative estimate of drug-likeness (QED) is 0.339. The van der Waals surface area contributed by atoms with Crippen LogP contribution in [0.1, 0.15) is 22.3 Å². The van der Waals surface area contributed by atoms with E-state index >= 15 is 0 Å². The number of halogens is 3. The van der Waals surface area contributed by atoms with Gasteiger partial charge in [0.1, 0.15) is 12.4 Å². The van der Waals surface area contributed by atoms with Crippen molar-refractivity contribution in [1.82, 2.24) is 4.90 Å². The summed E-state index contributed by atoms with van der Waals surface area (Å²) in [6, 6.07) is 18.0. The van der Waals surface area contributed by atoms with Gasteiger partial charge in [0.05, 0.1) is 33.1 Å². The van der Waals surface area contributed by atoms with E-state index in [0.29, 0.717) is 22.3 Å². The summed E-state index contributed by atoms with van der Waals surface area (Å²) in [7, 11) is 0. The molecule has 0 spiro atoms. The number of nitriles is 1. The summed E-state index contributed by atoms with van der Waals surface area (Å²) >= 11 is 13.5. The van der Waals surface area contributed by atoms with Crippen LogP contribution in [0.3, 0.4) is 0 Å². The Morgan fingerprint density at radius 2 is 1.79 bits per heavy atom. The molecule has 1 aliphatic rings. The molecule has 0 unspecified atom stereocenters. The van der Waals surface area contributed by atoms with E-state index < -0.39 is 11.1 Å². The number of imide groups is 1. The van der Waals surface area contributed by atoms with E-state index in [1.165, 1.54) is 18.2 Å². The van der Waals surface area contributed by atoms with Gasteiger partial charge < -0.3 is 4.74 Å². The zero-order valence-corrected chi connectivity index (χ0v) is 19.8. The molecule has 1 aliphatic heterocycles. The molecule has 1 fully saturated rings. The molecule has 5 nitrogen and oxygen atoms in total. The van der Waals surface area contributed by atoms with Gasteiger partial charge in [-0.15, -0.1) is 0 Å². The molecule has 1 heterocycles. The van der Waals surface area contributed by atoms with Crippen LogP contribution in [-0.4, -0.2) is 16.0 Å². The van der Waals surface area contributed by atoms with Crippen molar-refractivity contribution in [3.8, 4) is 11.8 Å². The molecule has 34 heavy (non-hydrogen) atoms. The zero-order chi connectivity index (χ0) is 24.2. The largest absolute Gasteiger partial charge is 0.486 e. The fourth-order valence-corrected chi connectivity index (χ4v) is 4.76. The lowest BCUT2D eigenvalue weighted by Crippen LogP contribution is -2.27. The predicted molar refractivity (Wildman–Crippen MR) is 130 cm³/mol. The summed E-state index contributed by atoms with van der Waals surface area (Å²) in [5, 5.41) is 9.23. The Morgan fingerprint density at radius 1 is 1.06 bits per heavy atom. The molecule has 3 aromatic carbocycles. The first-order chi connectivity index (χ1) is 16.4. The van der Waals surface area contributed by atoms with Gasteiger partial charge >= 0.3 is 0 Å². The second kappa shape index (κ2) is 10.3. The van der Waals surface area contributed by atoms with Crippen molar-refractivity contribution >= 4 is 52.2 Å². The van der Waals surface area contributed by atoms with E-state index in [1.807, 2.05) is 0 Å². The fraction of sp³-hybridized carbons (Fsp3) is 0.0800. The van der Waals surface area contributed by atoms with Gasteiger partial charge in [0.2, 0.25) is 0 Å². The van der Waals surface area contributed by atoms with E-state index in [0.717, 1.165) is 16.7 Å². The maximum absolute atomic E-state index is 13.4. The SMILES string of the molecule is N#Cc1ccccc1CN1C(=O)S/C(=C/c2cc(Cl)c(OCc3cccc(F)c3)c(Cl)c2)C1=O. The van der Waals surface area contributed by atoms with Crippen LogP contribution in [0.15, 0.2) is 65.6 Å². The molecule has 0 radical (unpaired) electrons. The minimum atomic E-state index is -0.471. The number of ether oxygens (including phenoxy) is 1. The van der Waals surface area contributed by atoms with E-state index in [-0.39, 0.29) is 39.7 Å². The molecule has 9 heteroatoms. The zero-order valence-electron chi connectivity index (χ0n) is 17.4. The van der Waals surface area contributed by atoms with Gasteiger partial charge in [-0.3, -0.25) is 14.5 Å². The normalized spacial score (nSPS) is 14.5. The number of amides is 2. The first kappa shape index (κ1) is 23.8. The molecule has 1 saturated heterocycles. The maximum atomic E-state index is 13.4. The number of benzene rings is 3. The van der Waals surface area contributed by atoms with E-state index in [4.69, 9.17) is 27.9 Å². The lowest BCUT2D eigenvalue weighted by Gasteiger charge is -2.13. The third kappa shape index (κ3) is 5.26. The predicted octanol–water partition coefficient (Wildman–Crippen LogP) is 6.82. The highest BCUT2D eigenvalue weighted by Crippen LogP contribution is 2.38. The van der Waals surface area contributed by atoms with Gasteiger partial charge in [-0.1, -0.05) is 53.5 Å². The van der Waals surface area contributed by atoms with Gasteiger partial charge in [0, 0.05) is 0 Å². The van der Waals surface area contributed by atoms with Crippen LogP contribution in [0.2, 0.25) is 10.0 Å². The highest BCUT2D eigenvalue weighted by Gasteiger charge is 2.35. The van der Waals surface area contributed by atoms with Crippen LogP contribution in [-0.2, 0) is 17.9 Å². The molecule has 0 saturated carbocycles. The lowest BCUT2D eigenvalue weighted by atomic mass is 10.1. The Labute approximate surface area is 209 Å². The van der Waals surface area contributed by atoms with Crippen LogP contribution in [0.4, 0.5) is 9.18 Å². The number of thioether (sulfide) groups is 1. The van der Waals surface area contributed by atoms with Crippen molar-refractivity contribution in [2.75, 3.05) is 0 Å². The second-order valence-electron chi connectivity index (χ2n) is 7.27. The van der Waals surface area contributed by atoms with Gasteiger partial charge in [0.25, 0.3) is 11.1 Å². The van der Waals surface area contributed by atoms with Crippen molar-refractivity contribution in [2.45, 2.75) is 13.2 Å². The van der Waals surface area contributed by atoms with E-state index in [2.05, 4.69) is 6.07 Å². The number of nitrogens with zero attached hydrogens (tertiary/aromatic N) is 2. The average Bonchev–Trinajstić information content (AvgIpc) is 3.06. The van der Waals surface area contributed by atoms with Gasteiger partial charge in [-0.25, -0.2) is 4.39 Å². The molecule has 0 bridgehead atoms. The van der Waals surface area contributed by atoms with E-state index in [9.17, 15) is 19.2 Å². The topological polar surface area (TPSA) is 70.4 Å². The van der Waals surface area contributed by atoms with Crippen molar-refractivity contribution < 1.29 is 18.7 Å². The Hall–Kier alpha value is -3.31. The summed E-state index contributed by atoms with van der Waals surface area (Å²) in [4.78, 5) is 26.6. The summed E-state index contributed by atoms with van der Waals surface area (Å²) in [6.45, 7) is 0.0692. The van der Waals surface area contributed by atoms with Crippen molar-refractivity contribution in [3.05, 3.63) is 104 Å². The van der Waals surface area contributed by atoms with E-state index in [1.54, 1.807) is 48.5 Å². The van der Waals surface area contributed by atoms with Crippen LogP contribution in [0.25, 0.3) is 6.08 Å². The van der Waals surface area contributed by atoms with Gasteiger partial charge in [-0.2, -0.15) is 5.26 Å². The summed E-state index contributed by atoms with van der Waals surface area (Å²) in [6.07, 6.45) is 1.52. The molecular weight excluding hydrogens is 498 g/mol. The number of carbonyl (C=O) groups excluding carboxylic acids is 2. The first-order valence-electron chi connectivity index (χ1n) is 9.95. The smallest absolute Gasteiger partial charge is 0.293 e. The van der Waals surface area contributed by atoms with Crippen LogP contribution in [0.5, 0.6) is 5.75 Å². The monoisotopic (exact) mass is 512 g/mol. The number of rotatable bonds is 6. The molecule has 0 aliphatic carbocycles. The van der Waals surface area contributed by atoms with Crippen LogP contribution >= 0.6 is 35.0 Å². The third-order valence-electron chi connectivity index (χ3n) is 4.93. The fourth-order valence-electron chi connectivity index (χ4n) is 3.31. The average molecular weight is 513 g/mol. The number of hydrogen-bond acceptors (Lipinski definition) is 5. The Kier molecular flexibility index (Phi) is 7.23. The van der Waals surface area contributed by atoms with Gasteiger partial charge in [-0.05, 0) is 64.9 Å². The highest BCUT2D eigenvalue weighted by molar-refractivity contribution is 8.18. The molecule has 0 aromatic heterocycles. The highest BCUT2D eigenvalue weighted by atomic mass is 35.5. The molecule has 2 amide bonds. The second-order valence-corrected chi connectivity index (χ2v) is 9.08. The van der Waals surface area contributed by atoms with Crippen LogP contribution in [0, 0.1) is 17.1 Å². The number of carbonyl (C=O) groups is 2. The number of hydrogen-bond donors (Lipinski definition) is 0. The summed E-state index contributed by atoms with van der Waals surface area (Å²) < 4.78 is 19.0. The molecule has 170 valence electrons. The molecule has 3 aromatic rings. The molecule has 0 atom stereocenters. The first-order valence-corrected chi connectivity index (χ1v) is 11.5. The lowest BCUT2D eigenvalue weighted by molar-refractivity contribution is -0.123.